The third-order valence-corrected chi connectivity index (χ3v) is 4.38. The van der Waals surface area contributed by atoms with Crippen LogP contribution in [0.25, 0.3) is 10.9 Å². The predicted octanol–water partition coefficient (Wildman–Crippen LogP) is 5.18. The number of aryl methyl sites for hydroxylation is 2. The van der Waals surface area contributed by atoms with Gasteiger partial charge in [0.1, 0.15) is 0 Å². The Hall–Kier alpha value is -2.53. The van der Waals surface area contributed by atoms with E-state index >= 15 is 0 Å². The minimum Gasteiger partial charge on any atom is -0.347 e. The summed E-state index contributed by atoms with van der Waals surface area (Å²) in [5.74, 6) is 2.55. The second-order valence-electron chi connectivity index (χ2n) is 6.72. The summed E-state index contributed by atoms with van der Waals surface area (Å²) < 4.78 is 2.22. The Balaban J connectivity index is 2.55. The quantitative estimate of drug-likeness (QED) is 0.527. The van der Waals surface area contributed by atoms with Crippen molar-refractivity contribution in [1.29, 1.82) is 0 Å². The van der Waals surface area contributed by atoms with Crippen LogP contribution in [0.15, 0.2) is 52.5 Å². The van der Waals surface area contributed by atoms with Gasteiger partial charge in [0.05, 0.1) is 5.52 Å². The van der Waals surface area contributed by atoms with E-state index in [2.05, 4.69) is 42.5 Å². The first-order chi connectivity index (χ1) is 12.0. The molecule has 2 nitrogen and oxygen atoms in total. The highest BCUT2D eigenvalue weighted by atomic mass is 16.1. The summed E-state index contributed by atoms with van der Waals surface area (Å²) in [5.41, 5.74) is 5.31. The van der Waals surface area contributed by atoms with Crippen LogP contribution in [-0.4, -0.2) is 4.57 Å². The molecule has 0 amide bonds. The first-order valence-corrected chi connectivity index (χ1v) is 8.89. The van der Waals surface area contributed by atoms with Crippen molar-refractivity contribution >= 4 is 10.9 Å². The maximum absolute atomic E-state index is 12.8. The zero-order chi connectivity index (χ0) is 18.4. The summed E-state index contributed by atoms with van der Waals surface area (Å²) in [6, 6.07) is 6.16. The average Bonchev–Trinajstić information content (AvgIpc) is 2.56. The van der Waals surface area contributed by atoms with E-state index in [-0.39, 0.29) is 5.43 Å². The van der Waals surface area contributed by atoms with Gasteiger partial charge in [-0.05, 0) is 56.9 Å². The van der Waals surface area contributed by atoms with Crippen LogP contribution >= 0.6 is 0 Å². The molecular weight excluding hydrogens is 306 g/mol. The van der Waals surface area contributed by atoms with E-state index in [9.17, 15) is 4.79 Å². The fraction of sp³-hybridized carbons (Fsp3) is 0.348. The highest BCUT2D eigenvalue weighted by molar-refractivity contribution is 5.83. The van der Waals surface area contributed by atoms with Gasteiger partial charge in [0.15, 0.2) is 5.43 Å². The molecule has 1 heterocycles. The Morgan fingerprint density at radius 2 is 2.08 bits per heavy atom. The molecule has 130 valence electrons. The number of terminal acetylenes is 1. The largest absolute Gasteiger partial charge is 0.347 e. The van der Waals surface area contributed by atoms with Crippen LogP contribution in [0.3, 0.4) is 0 Å². The van der Waals surface area contributed by atoms with Crippen molar-refractivity contribution in [3.63, 3.8) is 0 Å². The Kier molecular flexibility index (Phi) is 6.42. The van der Waals surface area contributed by atoms with Gasteiger partial charge in [-0.15, -0.1) is 6.42 Å². The number of unbranched alkanes of at least 4 members (excludes halogenated alkanes) is 1. The molecule has 0 N–H and O–H groups in total. The molecule has 1 aromatic heterocycles. The number of rotatable bonds is 6. The molecular formula is C23H27NO. The SMILES string of the molecule is C#C/C=C(C)\C=C(\C)Cc1cccc2c1c(=O)c(C)cn2CCCC. The molecule has 0 aliphatic carbocycles. The summed E-state index contributed by atoms with van der Waals surface area (Å²) in [7, 11) is 0. The van der Waals surface area contributed by atoms with E-state index in [0.29, 0.717) is 0 Å². The number of benzene rings is 1. The van der Waals surface area contributed by atoms with Crippen LogP contribution in [0.2, 0.25) is 0 Å². The van der Waals surface area contributed by atoms with Gasteiger partial charge in [0.2, 0.25) is 0 Å². The van der Waals surface area contributed by atoms with Gasteiger partial charge in [-0.1, -0.05) is 43.0 Å². The molecule has 0 atom stereocenters. The summed E-state index contributed by atoms with van der Waals surface area (Å²) >= 11 is 0. The van der Waals surface area contributed by atoms with Crippen LogP contribution in [0.5, 0.6) is 0 Å². The van der Waals surface area contributed by atoms with Crippen molar-refractivity contribution in [3.05, 3.63) is 69.0 Å². The van der Waals surface area contributed by atoms with Crippen molar-refractivity contribution in [3.8, 4) is 12.3 Å². The highest BCUT2D eigenvalue weighted by Gasteiger charge is 2.11. The summed E-state index contributed by atoms with van der Waals surface area (Å²) in [4.78, 5) is 12.8. The van der Waals surface area contributed by atoms with E-state index in [1.54, 1.807) is 6.08 Å². The van der Waals surface area contributed by atoms with Crippen LogP contribution in [0.4, 0.5) is 0 Å². The number of nitrogens with zero attached hydrogens (tertiary/aromatic N) is 1. The zero-order valence-corrected chi connectivity index (χ0v) is 15.7. The molecule has 0 saturated carbocycles. The van der Waals surface area contributed by atoms with Crippen LogP contribution in [0, 0.1) is 19.3 Å². The van der Waals surface area contributed by atoms with Gasteiger partial charge in [-0.3, -0.25) is 4.79 Å². The van der Waals surface area contributed by atoms with Crippen LogP contribution in [0.1, 0.15) is 44.7 Å². The molecule has 2 aromatic rings. The fourth-order valence-electron chi connectivity index (χ4n) is 3.22. The molecule has 2 rings (SSSR count). The molecule has 2 heteroatoms. The monoisotopic (exact) mass is 333 g/mol. The van der Waals surface area contributed by atoms with E-state index in [1.807, 2.05) is 26.1 Å². The van der Waals surface area contributed by atoms with Gasteiger partial charge in [0, 0.05) is 23.7 Å². The standard InChI is InChI=1S/C23H27NO/c1-6-8-13-24-16-19(5)23(25)22-20(11-9-12-21(22)24)15-18(4)14-17(3)10-7-2/h2,9-12,14,16H,6,8,13,15H2,1,3-5H3/b17-10-,18-14-. The van der Waals surface area contributed by atoms with Crippen molar-refractivity contribution in [2.75, 3.05) is 0 Å². The Morgan fingerprint density at radius 3 is 2.76 bits per heavy atom. The maximum atomic E-state index is 12.8. The fourth-order valence-corrected chi connectivity index (χ4v) is 3.22. The number of fused-ring (bicyclic) bond motifs is 1. The first-order valence-electron chi connectivity index (χ1n) is 8.89. The van der Waals surface area contributed by atoms with Crippen molar-refractivity contribution < 1.29 is 0 Å². The lowest BCUT2D eigenvalue weighted by Crippen LogP contribution is -2.14. The lowest BCUT2D eigenvalue weighted by Gasteiger charge is -2.14. The number of hydrogen-bond donors (Lipinski definition) is 0. The minimum absolute atomic E-state index is 0.141. The van der Waals surface area contributed by atoms with Crippen molar-refractivity contribution in [2.24, 2.45) is 0 Å². The Morgan fingerprint density at radius 1 is 1.32 bits per heavy atom. The molecule has 0 radical (unpaired) electrons. The first kappa shape index (κ1) is 18.8. The molecule has 0 fully saturated rings. The molecule has 0 aliphatic heterocycles. The van der Waals surface area contributed by atoms with Crippen molar-refractivity contribution in [1.82, 2.24) is 4.57 Å². The van der Waals surface area contributed by atoms with Crippen LogP contribution in [-0.2, 0) is 13.0 Å². The normalized spacial score (nSPS) is 12.4. The molecule has 0 saturated heterocycles. The summed E-state index contributed by atoms with van der Waals surface area (Å²) in [6.45, 7) is 9.11. The molecule has 0 aliphatic rings. The van der Waals surface area contributed by atoms with Gasteiger partial charge >= 0.3 is 0 Å². The second kappa shape index (κ2) is 8.53. The van der Waals surface area contributed by atoms with E-state index < -0.39 is 0 Å². The zero-order valence-electron chi connectivity index (χ0n) is 15.7. The van der Waals surface area contributed by atoms with E-state index in [1.165, 1.54) is 5.57 Å². The van der Waals surface area contributed by atoms with Gasteiger partial charge in [0.25, 0.3) is 0 Å². The Bertz CT molecular complexity index is 919. The van der Waals surface area contributed by atoms with Gasteiger partial charge in [-0.2, -0.15) is 0 Å². The number of allylic oxidation sites excluding steroid dienone is 4. The third-order valence-electron chi connectivity index (χ3n) is 4.38. The average molecular weight is 333 g/mol. The lowest BCUT2D eigenvalue weighted by molar-refractivity contribution is 0.644. The maximum Gasteiger partial charge on any atom is 0.192 e. The molecule has 0 unspecified atom stereocenters. The second-order valence-corrected chi connectivity index (χ2v) is 6.72. The van der Waals surface area contributed by atoms with Crippen LogP contribution < -0.4 is 5.43 Å². The van der Waals surface area contributed by atoms with E-state index in [0.717, 1.165) is 53.4 Å². The molecule has 25 heavy (non-hydrogen) atoms. The Labute approximate surface area is 150 Å². The number of pyridine rings is 1. The van der Waals surface area contributed by atoms with E-state index in [4.69, 9.17) is 6.42 Å². The molecule has 0 bridgehead atoms. The number of aromatic nitrogens is 1. The lowest BCUT2D eigenvalue weighted by atomic mass is 9.98. The van der Waals surface area contributed by atoms with Crippen molar-refractivity contribution in [2.45, 2.75) is 53.5 Å². The summed E-state index contributed by atoms with van der Waals surface area (Å²) in [5, 5.41) is 0.852. The topological polar surface area (TPSA) is 22.0 Å². The highest BCUT2D eigenvalue weighted by Crippen LogP contribution is 2.20. The smallest absolute Gasteiger partial charge is 0.192 e. The molecule has 1 aromatic carbocycles. The minimum atomic E-state index is 0.141. The summed E-state index contributed by atoms with van der Waals surface area (Å²) in [6.07, 6.45) is 14.2. The van der Waals surface area contributed by atoms with Gasteiger partial charge < -0.3 is 4.57 Å². The van der Waals surface area contributed by atoms with Gasteiger partial charge in [-0.25, -0.2) is 0 Å². The predicted molar refractivity (Wildman–Crippen MR) is 108 cm³/mol. The molecule has 0 spiro atoms. The number of hydrogen-bond acceptors (Lipinski definition) is 1. The third kappa shape index (κ3) is 4.51.